The average molecular weight is 246 g/mol. The van der Waals surface area contributed by atoms with Crippen LogP contribution >= 0.6 is 0 Å². The number of benzene rings is 1. The molecular formula is C15H18O3. The molecule has 1 aliphatic carbocycles. The van der Waals surface area contributed by atoms with Gasteiger partial charge in [-0.25, -0.2) is 0 Å². The minimum absolute atomic E-state index is 0.0941. The van der Waals surface area contributed by atoms with Crippen molar-refractivity contribution in [2.24, 2.45) is 0 Å². The van der Waals surface area contributed by atoms with Gasteiger partial charge in [-0.3, -0.25) is 0 Å². The van der Waals surface area contributed by atoms with E-state index < -0.39 is 6.10 Å². The molecule has 0 fully saturated rings. The minimum Gasteiger partial charge on any atom is -0.497 e. The molecule has 3 heteroatoms. The van der Waals surface area contributed by atoms with Gasteiger partial charge in [0.2, 0.25) is 0 Å². The highest BCUT2D eigenvalue weighted by atomic mass is 16.5. The number of hydrogen-bond donors (Lipinski definition) is 2. The smallest absolute Gasteiger partial charge is 0.118 e. The lowest BCUT2D eigenvalue weighted by molar-refractivity contribution is 0.253. The second-order valence-corrected chi connectivity index (χ2v) is 4.45. The fourth-order valence-electron chi connectivity index (χ4n) is 2.25. The number of allylic oxidation sites excluding steroid dienone is 2. The first-order chi connectivity index (χ1) is 8.70. The summed E-state index contributed by atoms with van der Waals surface area (Å²) in [6, 6.07) is 7.78. The van der Waals surface area contributed by atoms with Crippen molar-refractivity contribution in [3.05, 3.63) is 54.1 Å². The molecule has 1 aliphatic rings. The summed E-state index contributed by atoms with van der Waals surface area (Å²) in [7, 11) is 1.63. The second kappa shape index (κ2) is 5.38. The third-order valence-corrected chi connectivity index (χ3v) is 3.33. The maximum absolute atomic E-state index is 9.48. The van der Waals surface area contributed by atoms with Gasteiger partial charge >= 0.3 is 0 Å². The summed E-state index contributed by atoms with van der Waals surface area (Å²) in [6.45, 7) is 0.0941. The third-order valence-electron chi connectivity index (χ3n) is 3.33. The van der Waals surface area contributed by atoms with E-state index in [4.69, 9.17) is 4.74 Å². The summed E-state index contributed by atoms with van der Waals surface area (Å²) in [5.74, 6) is 0.807. The SMILES string of the molecule is COc1ccc(C2(CCO)C=CC(O)C=C2)cc1. The fourth-order valence-corrected chi connectivity index (χ4v) is 2.25. The monoisotopic (exact) mass is 246 g/mol. The molecule has 0 saturated carbocycles. The molecule has 2 rings (SSSR count). The van der Waals surface area contributed by atoms with Crippen LogP contribution in [0.2, 0.25) is 0 Å². The van der Waals surface area contributed by atoms with Crippen LogP contribution in [-0.2, 0) is 5.41 Å². The highest BCUT2D eigenvalue weighted by Crippen LogP contribution is 2.34. The minimum atomic E-state index is -0.532. The molecule has 0 atom stereocenters. The Labute approximate surface area is 107 Å². The number of ether oxygens (including phenoxy) is 1. The molecule has 0 bridgehead atoms. The summed E-state index contributed by atoms with van der Waals surface area (Å²) in [6.07, 6.45) is 7.47. The van der Waals surface area contributed by atoms with Crippen LogP contribution in [0.5, 0.6) is 5.75 Å². The van der Waals surface area contributed by atoms with Gasteiger partial charge in [0, 0.05) is 12.0 Å². The van der Waals surface area contributed by atoms with Crippen molar-refractivity contribution >= 4 is 0 Å². The molecule has 0 spiro atoms. The zero-order chi connectivity index (χ0) is 13.0. The molecule has 1 aromatic rings. The van der Waals surface area contributed by atoms with Crippen LogP contribution in [0.25, 0.3) is 0 Å². The Morgan fingerprint density at radius 2 is 1.78 bits per heavy atom. The van der Waals surface area contributed by atoms with Crippen LogP contribution in [0.4, 0.5) is 0 Å². The summed E-state index contributed by atoms with van der Waals surface area (Å²) in [5, 5.41) is 18.7. The Kier molecular flexibility index (Phi) is 3.84. The summed E-state index contributed by atoms with van der Waals surface area (Å²) in [5.41, 5.74) is 0.747. The van der Waals surface area contributed by atoms with Gasteiger partial charge in [-0.1, -0.05) is 36.4 Å². The average Bonchev–Trinajstić information content (AvgIpc) is 2.42. The van der Waals surface area contributed by atoms with Crippen LogP contribution < -0.4 is 4.74 Å². The van der Waals surface area contributed by atoms with Gasteiger partial charge in [-0.15, -0.1) is 0 Å². The molecule has 2 N–H and O–H groups in total. The van der Waals surface area contributed by atoms with Crippen molar-refractivity contribution in [2.45, 2.75) is 17.9 Å². The maximum atomic E-state index is 9.48. The van der Waals surface area contributed by atoms with Gasteiger partial charge in [0.05, 0.1) is 13.2 Å². The number of aliphatic hydroxyl groups excluding tert-OH is 2. The zero-order valence-corrected chi connectivity index (χ0v) is 10.4. The van der Waals surface area contributed by atoms with Gasteiger partial charge in [-0.2, -0.15) is 0 Å². The molecule has 0 saturated heterocycles. The normalized spacial score (nSPS) is 26.3. The van der Waals surface area contributed by atoms with Gasteiger partial charge < -0.3 is 14.9 Å². The lowest BCUT2D eigenvalue weighted by Crippen LogP contribution is -2.26. The van der Waals surface area contributed by atoms with E-state index in [1.54, 1.807) is 19.3 Å². The molecule has 0 unspecified atom stereocenters. The van der Waals surface area contributed by atoms with E-state index in [0.29, 0.717) is 6.42 Å². The van der Waals surface area contributed by atoms with E-state index in [1.165, 1.54) is 0 Å². The molecule has 3 nitrogen and oxygen atoms in total. The lowest BCUT2D eigenvalue weighted by atomic mass is 9.75. The van der Waals surface area contributed by atoms with Gasteiger partial charge in [0.1, 0.15) is 5.75 Å². The molecule has 18 heavy (non-hydrogen) atoms. The molecule has 0 radical (unpaired) electrons. The van der Waals surface area contributed by atoms with Crippen molar-refractivity contribution in [3.8, 4) is 5.75 Å². The van der Waals surface area contributed by atoms with E-state index in [1.807, 2.05) is 36.4 Å². The standard InChI is InChI=1S/C15H18O3/c1-18-14-4-2-12(3-5-14)15(10-11-16)8-6-13(17)7-9-15/h2-9,13,16-17H,10-11H2,1H3. The molecule has 0 heterocycles. The van der Waals surface area contributed by atoms with Crippen molar-refractivity contribution < 1.29 is 14.9 Å². The summed E-state index contributed by atoms with van der Waals surface area (Å²) in [4.78, 5) is 0. The van der Waals surface area contributed by atoms with E-state index in [0.717, 1.165) is 11.3 Å². The lowest BCUT2D eigenvalue weighted by Gasteiger charge is -2.30. The van der Waals surface area contributed by atoms with Gasteiger partial charge in [0.25, 0.3) is 0 Å². The Hall–Kier alpha value is -1.58. The Morgan fingerprint density at radius 3 is 2.28 bits per heavy atom. The van der Waals surface area contributed by atoms with Crippen LogP contribution in [0.15, 0.2) is 48.6 Å². The van der Waals surface area contributed by atoms with E-state index in [2.05, 4.69) is 0 Å². The molecule has 0 aromatic heterocycles. The Bertz CT molecular complexity index is 431. The molecule has 0 aliphatic heterocycles. The molecule has 0 amide bonds. The van der Waals surface area contributed by atoms with Crippen molar-refractivity contribution in [3.63, 3.8) is 0 Å². The topological polar surface area (TPSA) is 49.7 Å². The third kappa shape index (κ3) is 2.47. The quantitative estimate of drug-likeness (QED) is 0.796. The number of rotatable bonds is 4. The van der Waals surface area contributed by atoms with E-state index in [9.17, 15) is 10.2 Å². The van der Waals surface area contributed by atoms with Crippen LogP contribution in [-0.4, -0.2) is 30.0 Å². The van der Waals surface area contributed by atoms with Gasteiger partial charge in [0.15, 0.2) is 0 Å². The highest BCUT2D eigenvalue weighted by Gasteiger charge is 2.28. The molecule has 1 aromatic carbocycles. The second-order valence-electron chi connectivity index (χ2n) is 4.45. The largest absolute Gasteiger partial charge is 0.497 e. The summed E-state index contributed by atoms with van der Waals surface area (Å²) >= 11 is 0. The Morgan fingerprint density at radius 1 is 1.17 bits per heavy atom. The van der Waals surface area contributed by atoms with E-state index in [-0.39, 0.29) is 12.0 Å². The number of aliphatic hydroxyl groups is 2. The van der Waals surface area contributed by atoms with Gasteiger partial charge in [-0.05, 0) is 24.1 Å². The van der Waals surface area contributed by atoms with Crippen LogP contribution in [0.3, 0.4) is 0 Å². The maximum Gasteiger partial charge on any atom is 0.118 e. The highest BCUT2D eigenvalue weighted by molar-refractivity contribution is 5.42. The molecule has 96 valence electrons. The van der Waals surface area contributed by atoms with Crippen molar-refractivity contribution in [2.75, 3.05) is 13.7 Å². The predicted molar refractivity (Wildman–Crippen MR) is 70.7 cm³/mol. The van der Waals surface area contributed by atoms with Crippen molar-refractivity contribution in [1.29, 1.82) is 0 Å². The Balaban J connectivity index is 2.35. The zero-order valence-electron chi connectivity index (χ0n) is 10.4. The molecular weight excluding hydrogens is 228 g/mol. The first-order valence-corrected chi connectivity index (χ1v) is 6.02. The number of methoxy groups -OCH3 is 1. The number of hydrogen-bond acceptors (Lipinski definition) is 3. The fraction of sp³-hybridized carbons (Fsp3) is 0.333. The van der Waals surface area contributed by atoms with E-state index >= 15 is 0 Å². The first kappa shape index (κ1) is 12.9. The van der Waals surface area contributed by atoms with Crippen LogP contribution in [0, 0.1) is 0 Å². The predicted octanol–water partition coefficient (Wildman–Crippen LogP) is 1.80. The van der Waals surface area contributed by atoms with Crippen molar-refractivity contribution in [1.82, 2.24) is 0 Å². The first-order valence-electron chi connectivity index (χ1n) is 6.02. The van der Waals surface area contributed by atoms with Crippen LogP contribution in [0.1, 0.15) is 12.0 Å². The summed E-state index contributed by atoms with van der Waals surface area (Å²) < 4.78 is 5.14.